The van der Waals surface area contributed by atoms with Crippen LogP contribution in [-0.4, -0.2) is 9.38 Å². The van der Waals surface area contributed by atoms with Gasteiger partial charge in [-0.25, -0.2) is 9.37 Å². The van der Waals surface area contributed by atoms with E-state index in [0.717, 1.165) is 16.9 Å². The topological polar surface area (TPSA) is 17.3 Å². The van der Waals surface area contributed by atoms with Gasteiger partial charge in [0.25, 0.3) is 0 Å². The quantitative estimate of drug-likeness (QED) is 0.644. The van der Waals surface area contributed by atoms with Crippen molar-refractivity contribution >= 4 is 17.2 Å². The van der Waals surface area contributed by atoms with E-state index < -0.39 is 0 Å². The van der Waals surface area contributed by atoms with E-state index in [4.69, 9.17) is 11.6 Å². The molecule has 0 amide bonds. The van der Waals surface area contributed by atoms with E-state index in [1.54, 1.807) is 25.3 Å². The lowest BCUT2D eigenvalue weighted by Crippen LogP contribution is -1.84. The molecule has 0 unspecified atom stereocenters. The van der Waals surface area contributed by atoms with E-state index in [1.165, 1.54) is 6.07 Å². The van der Waals surface area contributed by atoms with Crippen LogP contribution >= 0.6 is 11.6 Å². The predicted molar refractivity (Wildman–Crippen MR) is 70.3 cm³/mol. The molecule has 1 aromatic carbocycles. The number of benzene rings is 1. The summed E-state index contributed by atoms with van der Waals surface area (Å²) in [4.78, 5) is 4.43. The molecule has 0 aliphatic rings. The third-order valence-electron chi connectivity index (χ3n) is 2.88. The summed E-state index contributed by atoms with van der Waals surface area (Å²) >= 11 is 5.91. The first-order valence-electron chi connectivity index (χ1n) is 5.54. The summed E-state index contributed by atoms with van der Waals surface area (Å²) in [5, 5.41) is 0.640. The highest BCUT2D eigenvalue weighted by atomic mass is 35.5. The van der Waals surface area contributed by atoms with Gasteiger partial charge in [0.15, 0.2) is 0 Å². The van der Waals surface area contributed by atoms with Gasteiger partial charge in [-0.05, 0) is 30.7 Å². The number of hydrogen-bond acceptors (Lipinski definition) is 1. The molecule has 0 radical (unpaired) electrons. The molecular weight excluding hydrogens is 251 g/mol. The molecule has 0 bridgehead atoms. The van der Waals surface area contributed by atoms with Gasteiger partial charge in [0.1, 0.15) is 11.5 Å². The minimum atomic E-state index is -0.220. The molecule has 0 spiro atoms. The maximum atomic E-state index is 13.5. The van der Waals surface area contributed by atoms with Gasteiger partial charge in [-0.3, -0.25) is 0 Å². The molecule has 2 aromatic heterocycles. The minimum absolute atomic E-state index is 0.220. The molecule has 3 aromatic rings. The highest BCUT2D eigenvalue weighted by molar-refractivity contribution is 6.30. The zero-order chi connectivity index (χ0) is 12.7. The zero-order valence-corrected chi connectivity index (χ0v) is 10.4. The number of aromatic nitrogens is 2. The van der Waals surface area contributed by atoms with Crippen LogP contribution in [-0.2, 0) is 0 Å². The summed E-state index contributed by atoms with van der Waals surface area (Å²) in [6.45, 7) is 1.74. The number of imidazole rings is 1. The van der Waals surface area contributed by atoms with E-state index in [1.807, 2.05) is 22.7 Å². The Morgan fingerprint density at radius 1 is 1.17 bits per heavy atom. The summed E-state index contributed by atoms with van der Waals surface area (Å²) in [5.41, 5.74) is 2.91. The lowest BCUT2D eigenvalue weighted by molar-refractivity contribution is 0.619. The molecule has 0 aliphatic heterocycles. The SMILES string of the molecule is Cc1ccc(-c2cn3cc(Cl)ccc3n2)cc1F. The smallest absolute Gasteiger partial charge is 0.137 e. The highest BCUT2D eigenvalue weighted by Crippen LogP contribution is 2.22. The third-order valence-corrected chi connectivity index (χ3v) is 3.11. The fourth-order valence-electron chi connectivity index (χ4n) is 1.86. The lowest BCUT2D eigenvalue weighted by atomic mass is 10.1. The van der Waals surface area contributed by atoms with Crippen molar-refractivity contribution in [3.05, 3.63) is 59.1 Å². The molecule has 2 heterocycles. The fourth-order valence-corrected chi connectivity index (χ4v) is 2.02. The highest BCUT2D eigenvalue weighted by Gasteiger charge is 2.06. The van der Waals surface area contributed by atoms with E-state index in [2.05, 4.69) is 4.98 Å². The van der Waals surface area contributed by atoms with Crippen LogP contribution < -0.4 is 0 Å². The van der Waals surface area contributed by atoms with Crippen LogP contribution in [0.4, 0.5) is 4.39 Å². The Hall–Kier alpha value is -1.87. The Kier molecular flexibility index (Phi) is 2.56. The molecule has 0 saturated carbocycles. The first kappa shape index (κ1) is 11.2. The van der Waals surface area contributed by atoms with Crippen molar-refractivity contribution < 1.29 is 4.39 Å². The van der Waals surface area contributed by atoms with Crippen molar-refractivity contribution in [2.75, 3.05) is 0 Å². The Morgan fingerprint density at radius 2 is 2.00 bits per heavy atom. The van der Waals surface area contributed by atoms with Crippen LogP contribution in [0.2, 0.25) is 5.02 Å². The average molecular weight is 261 g/mol. The van der Waals surface area contributed by atoms with Gasteiger partial charge in [0, 0.05) is 18.0 Å². The molecule has 18 heavy (non-hydrogen) atoms. The van der Waals surface area contributed by atoms with Crippen molar-refractivity contribution in [2.24, 2.45) is 0 Å². The fraction of sp³-hybridized carbons (Fsp3) is 0.0714. The van der Waals surface area contributed by atoms with Crippen LogP contribution in [0.1, 0.15) is 5.56 Å². The summed E-state index contributed by atoms with van der Waals surface area (Å²) < 4.78 is 15.4. The van der Waals surface area contributed by atoms with Gasteiger partial charge >= 0.3 is 0 Å². The lowest BCUT2D eigenvalue weighted by Gasteiger charge is -1.99. The van der Waals surface area contributed by atoms with Gasteiger partial charge in [-0.2, -0.15) is 0 Å². The molecule has 2 nitrogen and oxygen atoms in total. The van der Waals surface area contributed by atoms with Gasteiger partial charge in [0.2, 0.25) is 0 Å². The molecule has 4 heteroatoms. The standard InChI is InChI=1S/C14H10ClFN2/c1-9-2-3-10(6-12(9)16)13-8-18-7-11(15)4-5-14(18)17-13/h2-8H,1H3. The molecule has 90 valence electrons. The van der Waals surface area contributed by atoms with Crippen molar-refractivity contribution in [2.45, 2.75) is 6.92 Å². The van der Waals surface area contributed by atoms with Crippen LogP contribution in [0, 0.1) is 12.7 Å². The molecule has 0 fully saturated rings. The summed E-state index contributed by atoms with van der Waals surface area (Å²) in [5.74, 6) is -0.220. The van der Waals surface area contributed by atoms with Crippen LogP contribution in [0.15, 0.2) is 42.7 Å². The summed E-state index contributed by atoms with van der Waals surface area (Å²) in [6.07, 6.45) is 3.61. The van der Waals surface area contributed by atoms with E-state index >= 15 is 0 Å². The molecule has 0 saturated heterocycles. The average Bonchev–Trinajstić information content (AvgIpc) is 2.75. The number of nitrogens with zero attached hydrogens (tertiary/aromatic N) is 2. The normalized spacial score (nSPS) is 11.1. The van der Waals surface area contributed by atoms with Gasteiger partial charge in [0.05, 0.1) is 10.7 Å². The van der Waals surface area contributed by atoms with E-state index in [-0.39, 0.29) is 5.82 Å². The second-order valence-electron chi connectivity index (χ2n) is 4.20. The first-order chi connectivity index (χ1) is 8.63. The maximum Gasteiger partial charge on any atom is 0.137 e. The Bertz CT molecular complexity index is 734. The van der Waals surface area contributed by atoms with Gasteiger partial charge in [-0.15, -0.1) is 0 Å². The van der Waals surface area contributed by atoms with E-state index in [0.29, 0.717) is 10.6 Å². The maximum absolute atomic E-state index is 13.5. The molecular formula is C14H10ClFN2. The molecule has 3 rings (SSSR count). The predicted octanol–water partition coefficient (Wildman–Crippen LogP) is 4.10. The van der Waals surface area contributed by atoms with Gasteiger partial charge < -0.3 is 4.40 Å². The first-order valence-corrected chi connectivity index (χ1v) is 5.92. The van der Waals surface area contributed by atoms with Gasteiger partial charge in [-0.1, -0.05) is 23.7 Å². The minimum Gasteiger partial charge on any atom is -0.305 e. The number of fused-ring (bicyclic) bond motifs is 1. The van der Waals surface area contributed by atoms with Crippen molar-refractivity contribution in [1.29, 1.82) is 0 Å². The second-order valence-corrected chi connectivity index (χ2v) is 4.64. The molecule has 0 atom stereocenters. The second kappa shape index (κ2) is 4.10. The third kappa shape index (κ3) is 1.87. The monoisotopic (exact) mass is 260 g/mol. The number of pyridine rings is 1. The number of aryl methyl sites for hydroxylation is 1. The Morgan fingerprint density at radius 3 is 2.78 bits per heavy atom. The number of hydrogen-bond donors (Lipinski definition) is 0. The van der Waals surface area contributed by atoms with Crippen LogP contribution in [0.3, 0.4) is 0 Å². The summed E-state index contributed by atoms with van der Waals surface area (Å²) in [6, 6.07) is 8.72. The summed E-state index contributed by atoms with van der Waals surface area (Å²) in [7, 11) is 0. The Labute approximate surface area is 109 Å². The number of rotatable bonds is 1. The Balaban J connectivity index is 2.16. The number of halogens is 2. The van der Waals surface area contributed by atoms with Crippen LogP contribution in [0.5, 0.6) is 0 Å². The molecule has 0 aliphatic carbocycles. The van der Waals surface area contributed by atoms with E-state index in [9.17, 15) is 4.39 Å². The van der Waals surface area contributed by atoms with Crippen molar-refractivity contribution in [3.8, 4) is 11.3 Å². The molecule has 0 N–H and O–H groups in total. The van der Waals surface area contributed by atoms with Crippen molar-refractivity contribution in [3.63, 3.8) is 0 Å². The largest absolute Gasteiger partial charge is 0.305 e. The zero-order valence-electron chi connectivity index (χ0n) is 9.69. The van der Waals surface area contributed by atoms with Crippen molar-refractivity contribution in [1.82, 2.24) is 9.38 Å². The van der Waals surface area contributed by atoms with Crippen LogP contribution in [0.25, 0.3) is 16.9 Å².